The van der Waals surface area contributed by atoms with E-state index in [1.807, 2.05) is 76.2 Å². The molecule has 2 heterocycles. The van der Waals surface area contributed by atoms with Gasteiger partial charge in [0.2, 0.25) is 5.89 Å². The van der Waals surface area contributed by atoms with Crippen LogP contribution in [-0.2, 0) is 22.5 Å². The van der Waals surface area contributed by atoms with Gasteiger partial charge in [0.15, 0.2) is 0 Å². The van der Waals surface area contributed by atoms with Crippen LogP contribution in [0.5, 0.6) is 5.75 Å². The molecule has 0 radical (unpaired) electrons. The number of aryl methyl sites for hydroxylation is 1. The van der Waals surface area contributed by atoms with Crippen LogP contribution >= 0.6 is 11.6 Å². The smallest absolute Gasteiger partial charge is 0.410 e. The Morgan fingerprint density at radius 3 is 2.69 bits per heavy atom. The molecule has 2 aromatic carbocycles. The molecule has 1 fully saturated rings. The van der Waals surface area contributed by atoms with Crippen molar-refractivity contribution in [1.29, 1.82) is 0 Å². The van der Waals surface area contributed by atoms with Crippen LogP contribution in [0.4, 0.5) is 4.79 Å². The van der Waals surface area contributed by atoms with Gasteiger partial charge in [0, 0.05) is 18.5 Å². The van der Waals surface area contributed by atoms with Crippen LogP contribution < -0.4 is 4.74 Å². The van der Waals surface area contributed by atoms with E-state index >= 15 is 0 Å². The third-order valence-corrected chi connectivity index (χ3v) is 5.82. The summed E-state index contributed by atoms with van der Waals surface area (Å²) in [5, 5.41) is 0.506. The lowest BCUT2D eigenvalue weighted by Crippen LogP contribution is -2.48. The minimum atomic E-state index is -0.526. The Kier molecular flexibility index (Phi) is 7.67. The fourth-order valence-electron chi connectivity index (χ4n) is 3.80. The first kappa shape index (κ1) is 25.1. The number of ether oxygens (including phenoxy) is 3. The molecule has 0 aliphatic carbocycles. The van der Waals surface area contributed by atoms with Gasteiger partial charge in [-0.15, -0.1) is 0 Å². The summed E-state index contributed by atoms with van der Waals surface area (Å²) < 4.78 is 23.1. The lowest BCUT2D eigenvalue weighted by atomic mass is 10.1. The predicted octanol–water partition coefficient (Wildman–Crippen LogP) is 6.06. The van der Waals surface area contributed by atoms with E-state index in [-0.39, 0.29) is 18.8 Å². The maximum atomic E-state index is 12.4. The number of rotatable bonds is 6. The van der Waals surface area contributed by atoms with Crippen molar-refractivity contribution in [1.82, 2.24) is 9.88 Å². The molecule has 1 amide bonds. The Morgan fingerprint density at radius 1 is 1.20 bits per heavy atom. The molecule has 0 saturated carbocycles. The van der Waals surface area contributed by atoms with Crippen LogP contribution in [0.3, 0.4) is 0 Å². The largest absolute Gasteiger partial charge is 0.486 e. The van der Waals surface area contributed by atoms with Gasteiger partial charge in [-0.05, 0) is 57.5 Å². The van der Waals surface area contributed by atoms with Gasteiger partial charge in [-0.3, -0.25) is 0 Å². The fraction of sp³-hybridized carbons (Fsp3) is 0.407. The summed E-state index contributed by atoms with van der Waals surface area (Å²) in [5.41, 5.74) is 2.12. The highest BCUT2D eigenvalue weighted by Gasteiger charge is 2.28. The maximum absolute atomic E-state index is 12.4. The van der Waals surface area contributed by atoms with E-state index in [1.54, 1.807) is 4.90 Å². The molecule has 1 aliphatic rings. The number of benzene rings is 2. The van der Waals surface area contributed by atoms with Crippen LogP contribution in [0.2, 0.25) is 5.02 Å². The second kappa shape index (κ2) is 10.7. The molecular formula is C27H31ClN2O5. The number of nitrogens with zero attached hydrogens (tertiary/aromatic N) is 2. The number of halogens is 1. The van der Waals surface area contributed by atoms with Crippen molar-refractivity contribution in [3.63, 3.8) is 0 Å². The number of hydrogen-bond donors (Lipinski definition) is 0. The van der Waals surface area contributed by atoms with Crippen LogP contribution in [0.15, 0.2) is 52.9 Å². The Morgan fingerprint density at radius 2 is 1.97 bits per heavy atom. The van der Waals surface area contributed by atoms with Crippen molar-refractivity contribution in [3.8, 4) is 17.2 Å². The van der Waals surface area contributed by atoms with Crippen LogP contribution in [0.1, 0.15) is 37.8 Å². The molecule has 3 aromatic rings. The number of amides is 1. The molecular weight excluding hydrogens is 468 g/mol. The van der Waals surface area contributed by atoms with Gasteiger partial charge in [0.1, 0.15) is 29.4 Å². The Bertz CT molecular complexity index is 1160. The molecule has 4 rings (SSSR count). The van der Waals surface area contributed by atoms with Gasteiger partial charge in [-0.1, -0.05) is 35.9 Å². The molecule has 0 N–H and O–H groups in total. The number of hydrogen-bond acceptors (Lipinski definition) is 6. The van der Waals surface area contributed by atoms with E-state index in [0.29, 0.717) is 48.5 Å². The van der Waals surface area contributed by atoms with Gasteiger partial charge in [-0.2, -0.15) is 0 Å². The molecule has 186 valence electrons. The molecule has 8 heteroatoms. The van der Waals surface area contributed by atoms with Gasteiger partial charge >= 0.3 is 6.09 Å². The number of oxazole rings is 1. The molecule has 1 aromatic heterocycles. The normalized spacial score (nSPS) is 16.3. The minimum Gasteiger partial charge on any atom is -0.486 e. The van der Waals surface area contributed by atoms with Crippen molar-refractivity contribution in [2.24, 2.45) is 0 Å². The number of carbonyl (C=O) groups excluding carboxylic acids is 1. The van der Waals surface area contributed by atoms with Crippen LogP contribution in [-0.4, -0.2) is 47.4 Å². The van der Waals surface area contributed by atoms with Crippen molar-refractivity contribution >= 4 is 17.7 Å². The summed E-state index contributed by atoms with van der Waals surface area (Å²) in [6.07, 6.45) is 0.182. The van der Waals surface area contributed by atoms with Crippen LogP contribution in [0.25, 0.3) is 11.5 Å². The molecule has 1 saturated heterocycles. The molecule has 1 aliphatic heterocycles. The zero-order valence-corrected chi connectivity index (χ0v) is 21.3. The topological polar surface area (TPSA) is 74.0 Å². The highest BCUT2D eigenvalue weighted by Crippen LogP contribution is 2.29. The van der Waals surface area contributed by atoms with Gasteiger partial charge in [-0.25, -0.2) is 9.78 Å². The van der Waals surface area contributed by atoms with Gasteiger partial charge in [0.05, 0.1) is 24.3 Å². The molecule has 7 nitrogen and oxygen atoms in total. The van der Waals surface area contributed by atoms with E-state index in [1.165, 1.54) is 0 Å². The lowest BCUT2D eigenvalue weighted by molar-refractivity contribution is -0.0415. The van der Waals surface area contributed by atoms with E-state index in [0.717, 1.165) is 16.8 Å². The van der Waals surface area contributed by atoms with E-state index in [9.17, 15) is 4.79 Å². The summed E-state index contributed by atoms with van der Waals surface area (Å²) >= 11 is 6.51. The highest BCUT2D eigenvalue weighted by molar-refractivity contribution is 6.32. The minimum absolute atomic E-state index is 0.131. The summed E-state index contributed by atoms with van der Waals surface area (Å²) in [5.74, 6) is 1.84. The molecule has 1 atom stereocenters. The zero-order valence-electron chi connectivity index (χ0n) is 20.5. The first-order valence-electron chi connectivity index (χ1n) is 11.7. The van der Waals surface area contributed by atoms with E-state index in [2.05, 4.69) is 4.98 Å². The maximum Gasteiger partial charge on any atom is 0.410 e. The van der Waals surface area contributed by atoms with Gasteiger partial charge in [0.25, 0.3) is 0 Å². The SMILES string of the molecule is Cc1oc(-c2ccccc2)nc1COc1ccc(C[C@@H]2CN(C(=O)OC(C)(C)C)CCO2)cc1Cl. The number of aromatic nitrogens is 1. The third-order valence-electron chi connectivity index (χ3n) is 5.53. The predicted molar refractivity (Wildman–Crippen MR) is 134 cm³/mol. The Labute approximate surface area is 210 Å². The molecule has 0 spiro atoms. The first-order valence-corrected chi connectivity index (χ1v) is 12.1. The van der Waals surface area contributed by atoms with E-state index < -0.39 is 5.60 Å². The van der Waals surface area contributed by atoms with Crippen LogP contribution in [0, 0.1) is 6.92 Å². The van der Waals surface area contributed by atoms with Crippen molar-refractivity contribution in [3.05, 3.63) is 70.6 Å². The first-order chi connectivity index (χ1) is 16.7. The number of carbonyl (C=O) groups is 1. The average Bonchev–Trinajstić information content (AvgIpc) is 3.19. The second-order valence-corrected chi connectivity index (χ2v) is 9.97. The Hall–Kier alpha value is -3.03. The molecule has 35 heavy (non-hydrogen) atoms. The van der Waals surface area contributed by atoms with Crippen molar-refractivity contribution in [2.45, 2.75) is 52.4 Å². The zero-order chi connectivity index (χ0) is 25.0. The second-order valence-electron chi connectivity index (χ2n) is 9.56. The molecule has 0 bridgehead atoms. The summed E-state index contributed by atoms with van der Waals surface area (Å²) in [6.45, 7) is 9.17. The highest BCUT2D eigenvalue weighted by atomic mass is 35.5. The summed E-state index contributed by atoms with van der Waals surface area (Å²) in [6, 6.07) is 15.4. The quantitative estimate of drug-likeness (QED) is 0.411. The van der Waals surface area contributed by atoms with Crippen molar-refractivity contribution < 1.29 is 23.4 Å². The number of morpholine rings is 1. The standard InChI is InChI=1S/C27H31ClN2O5/c1-18-23(29-25(34-18)20-8-6-5-7-9-20)17-33-24-11-10-19(15-22(24)28)14-21-16-30(12-13-32-21)26(31)35-27(2,3)4/h5-11,15,21H,12-14,16-17H2,1-4H3/t21-/m1/s1. The third kappa shape index (κ3) is 6.77. The Balaban J connectivity index is 1.34. The average molecular weight is 499 g/mol. The monoisotopic (exact) mass is 498 g/mol. The lowest BCUT2D eigenvalue weighted by Gasteiger charge is -2.34. The molecule has 0 unspecified atom stereocenters. The van der Waals surface area contributed by atoms with Crippen molar-refractivity contribution in [2.75, 3.05) is 19.7 Å². The summed E-state index contributed by atoms with van der Waals surface area (Å²) in [4.78, 5) is 18.7. The summed E-state index contributed by atoms with van der Waals surface area (Å²) in [7, 11) is 0. The fourth-order valence-corrected chi connectivity index (χ4v) is 4.06. The van der Waals surface area contributed by atoms with Gasteiger partial charge < -0.3 is 23.5 Å². The van der Waals surface area contributed by atoms with E-state index in [4.69, 9.17) is 30.2 Å².